The van der Waals surface area contributed by atoms with Crippen LogP contribution >= 0.6 is 34.0 Å². The Hall–Kier alpha value is 1.46. The first-order valence-electron chi connectivity index (χ1n) is 0. The summed E-state index contributed by atoms with van der Waals surface area (Å²) in [7, 11) is 0. The van der Waals surface area contributed by atoms with Gasteiger partial charge in [-0.2, -0.15) is 0 Å². The molecule has 0 aromatic carbocycles. The Balaban J connectivity index is 0. The van der Waals surface area contributed by atoms with Crippen LogP contribution in [0.3, 0.4) is 0 Å². The minimum Gasteiger partial charge on any atom is -0.693 e. The van der Waals surface area contributed by atoms with Gasteiger partial charge in [-0.25, -0.2) is 0 Å². The summed E-state index contributed by atoms with van der Waals surface area (Å²) in [6.45, 7) is 0. The van der Waals surface area contributed by atoms with Crippen molar-refractivity contribution in [1.82, 2.24) is 0 Å². The van der Waals surface area contributed by atoms with Crippen molar-refractivity contribution in [3.05, 3.63) is 24.6 Å². The van der Waals surface area contributed by atoms with Crippen LogP contribution in [0.5, 0.6) is 0 Å². The van der Waals surface area contributed by atoms with Crippen molar-refractivity contribution in [3.63, 3.8) is 0 Å². The van der Waals surface area contributed by atoms with Gasteiger partial charge in [0.05, 0.1) is 0 Å². The molecule has 0 saturated heterocycles. The second kappa shape index (κ2) is 146. The molecule has 7 heteroatoms. The first-order chi connectivity index (χ1) is 0. The van der Waals surface area contributed by atoms with Gasteiger partial charge in [0, 0.05) is 20.4 Å². The molecular formula is H10Br2N4Pd-4. The Morgan fingerprint density at radius 2 is 0.429 bits per heavy atom. The molecule has 0 unspecified atom stereocenters. The summed E-state index contributed by atoms with van der Waals surface area (Å²) in [4.78, 5) is 0. The summed E-state index contributed by atoms with van der Waals surface area (Å²) in [5.41, 5.74) is 0. The molecule has 0 heterocycles. The van der Waals surface area contributed by atoms with Crippen LogP contribution in [0, 0.1) is 0 Å². The zero-order chi connectivity index (χ0) is 0. The summed E-state index contributed by atoms with van der Waals surface area (Å²) in [5, 5.41) is 0. The molecule has 58 valence electrons. The number of halogens is 2. The molecule has 0 fully saturated rings. The zero-order valence-electron chi connectivity index (χ0n) is 3.44. The Labute approximate surface area is 78.7 Å². The van der Waals surface area contributed by atoms with Crippen LogP contribution in [0.1, 0.15) is 0 Å². The molecule has 7 heavy (non-hydrogen) atoms. The third-order valence-electron chi connectivity index (χ3n) is 0. The van der Waals surface area contributed by atoms with Gasteiger partial charge >= 0.3 is 0 Å². The van der Waals surface area contributed by atoms with Crippen LogP contribution in [-0.2, 0) is 20.4 Å². The predicted molar refractivity (Wildman–Crippen MR) is 41.8 cm³/mol. The SMILES string of the molecule is Br.Br.[NH2-].[NH2-].[NH2-].[NH2-].[Pd]. The predicted octanol–water partition coefficient (Wildman–Crippen LogP) is 4.02. The Kier molecular flexibility index (Phi) is 4590. The third kappa shape index (κ3) is 104. The molecule has 0 aliphatic carbocycles. The molecule has 0 aliphatic heterocycles. The number of hydrogen-bond acceptors (Lipinski definition) is 0. The van der Waals surface area contributed by atoms with Crippen LogP contribution in [0.2, 0.25) is 0 Å². The Morgan fingerprint density at radius 3 is 0.429 bits per heavy atom. The molecule has 0 atom stereocenters. The number of hydrogen-bond donors (Lipinski definition) is 0. The van der Waals surface area contributed by atoms with Gasteiger partial charge in [0.15, 0.2) is 0 Å². The largest absolute Gasteiger partial charge is 0.693 e. The summed E-state index contributed by atoms with van der Waals surface area (Å²) in [6, 6.07) is 0. The topological polar surface area (TPSA) is 134 Å². The van der Waals surface area contributed by atoms with Crippen LogP contribution in [-0.4, -0.2) is 0 Å². The van der Waals surface area contributed by atoms with Crippen LogP contribution in [0.15, 0.2) is 0 Å². The van der Waals surface area contributed by atoms with Gasteiger partial charge in [-0.1, -0.05) is 0 Å². The third-order valence-corrected chi connectivity index (χ3v) is 0. The van der Waals surface area contributed by atoms with E-state index in [1.807, 2.05) is 0 Å². The van der Waals surface area contributed by atoms with Crippen molar-refractivity contribution in [2.75, 3.05) is 0 Å². The van der Waals surface area contributed by atoms with Crippen LogP contribution < -0.4 is 0 Å². The standard InChI is InChI=1S/2BrH.4H2N.Pd/h2*1H;4*1H2;/q;;4*-1;. The normalized spacial score (nSPS) is 0. The number of rotatable bonds is 0. The summed E-state index contributed by atoms with van der Waals surface area (Å²) in [6.07, 6.45) is 0. The maximum atomic E-state index is 0. The van der Waals surface area contributed by atoms with E-state index in [4.69, 9.17) is 0 Å². The minimum absolute atomic E-state index is 0. The van der Waals surface area contributed by atoms with E-state index in [9.17, 15) is 0 Å². The fraction of sp³-hybridized carbons (Fsp3) is 0. The van der Waals surface area contributed by atoms with E-state index >= 15 is 0 Å². The first-order valence-corrected chi connectivity index (χ1v) is 0. The van der Waals surface area contributed by atoms with E-state index in [-0.39, 0.29) is 79.0 Å². The molecule has 0 amide bonds. The fourth-order valence-corrected chi connectivity index (χ4v) is 0. The summed E-state index contributed by atoms with van der Waals surface area (Å²) < 4.78 is 0. The fourth-order valence-electron chi connectivity index (χ4n) is 0. The quantitative estimate of drug-likeness (QED) is 0.592. The molecule has 0 radical (unpaired) electrons. The van der Waals surface area contributed by atoms with Gasteiger partial charge in [0.2, 0.25) is 0 Å². The van der Waals surface area contributed by atoms with Crippen molar-refractivity contribution in [1.29, 1.82) is 0 Å². The van der Waals surface area contributed by atoms with Gasteiger partial charge in [0.25, 0.3) is 0 Å². The molecule has 0 spiro atoms. The molecule has 0 rings (SSSR count). The molecule has 0 saturated carbocycles. The maximum absolute atomic E-state index is 0. The molecule has 0 aromatic rings. The van der Waals surface area contributed by atoms with Crippen molar-refractivity contribution in [2.45, 2.75) is 0 Å². The summed E-state index contributed by atoms with van der Waals surface area (Å²) >= 11 is 0. The smallest absolute Gasteiger partial charge is 0 e. The molecule has 4 nitrogen and oxygen atoms in total. The molecule has 0 bridgehead atoms. The van der Waals surface area contributed by atoms with Gasteiger partial charge < -0.3 is 24.6 Å². The van der Waals surface area contributed by atoms with Gasteiger partial charge in [-0.05, 0) is 0 Å². The Morgan fingerprint density at radius 1 is 0.429 bits per heavy atom. The molecule has 0 aliphatic rings. The van der Waals surface area contributed by atoms with Crippen LogP contribution in [0.4, 0.5) is 0 Å². The summed E-state index contributed by atoms with van der Waals surface area (Å²) in [5.74, 6) is 0. The number of nitrogens with two attached hydrogens (primary N) is 4. The van der Waals surface area contributed by atoms with Crippen LogP contribution in [0.25, 0.3) is 24.6 Å². The second-order valence-electron chi connectivity index (χ2n) is 0. The maximum Gasteiger partial charge on any atom is 0 e. The van der Waals surface area contributed by atoms with Gasteiger partial charge in [-0.3, -0.25) is 0 Å². The van der Waals surface area contributed by atoms with E-state index in [1.54, 1.807) is 0 Å². The van der Waals surface area contributed by atoms with E-state index in [0.717, 1.165) is 0 Å². The average Bonchev–Trinajstić information content (AvgIpc) is 0. The van der Waals surface area contributed by atoms with Gasteiger partial charge in [-0.15, -0.1) is 34.0 Å². The van der Waals surface area contributed by atoms with E-state index in [2.05, 4.69) is 0 Å². The van der Waals surface area contributed by atoms with Crippen molar-refractivity contribution in [2.24, 2.45) is 0 Å². The zero-order valence-corrected chi connectivity index (χ0v) is 8.42. The van der Waals surface area contributed by atoms with E-state index < -0.39 is 0 Å². The van der Waals surface area contributed by atoms with Crippen molar-refractivity contribution in [3.8, 4) is 0 Å². The monoisotopic (exact) mass is 330 g/mol. The van der Waals surface area contributed by atoms with E-state index in [1.165, 1.54) is 0 Å². The first kappa shape index (κ1) is 220. The second-order valence-corrected chi connectivity index (χ2v) is 0. The molecule has 8 N–H and O–H groups in total. The van der Waals surface area contributed by atoms with Crippen molar-refractivity contribution >= 4 is 34.0 Å². The molecule has 0 aromatic heterocycles. The van der Waals surface area contributed by atoms with E-state index in [0.29, 0.717) is 0 Å². The Bertz CT molecular complexity index is 9.65. The average molecular weight is 332 g/mol. The molecular weight excluding hydrogens is 322 g/mol. The minimum atomic E-state index is 0. The van der Waals surface area contributed by atoms with Gasteiger partial charge in [0.1, 0.15) is 0 Å². The van der Waals surface area contributed by atoms with Crippen molar-refractivity contribution < 1.29 is 20.4 Å².